The fourth-order valence-corrected chi connectivity index (χ4v) is 1.94. The van der Waals surface area contributed by atoms with Crippen LogP contribution in [0.15, 0.2) is 36.4 Å². The van der Waals surface area contributed by atoms with E-state index in [-0.39, 0.29) is 11.4 Å². The lowest BCUT2D eigenvalue weighted by molar-refractivity contribution is -0.385. The van der Waals surface area contributed by atoms with Gasteiger partial charge in [-0.15, -0.1) is 0 Å². The summed E-state index contributed by atoms with van der Waals surface area (Å²) in [6.07, 6.45) is 0. The van der Waals surface area contributed by atoms with Gasteiger partial charge in [-0.2, -0.15) is 0 Å². The van der Waals surface area contributed by atoms with E-state index >= 15 is 0 Å². The number of amides is 1. The van der Waals surface area contributed by atoms with Gasteiger partial charge in [0.05, 0.1) is 15.5 Å². The number of carbonyl (C=O) groups is 1. The van der Waals surface area contributed by atoms with Gasteiger partial charge in [0.1, 0.15) is 5.82 Å². The number of hydrogen-bond donors (Lipinski definition) is 1. The number of nitro groups is 2. The summed E-state index contributed by atoms with van der Waals surface area (Å²) in [6, 6.07) is 6.55. The molecular formula is C15H12FN3O6. The summed E-state index contributed by atoms with van der Waals surface area (Å²) >= 11 is 0. The molecule has 1 amide bonds. The minimum atomic E-state index is -0.766. The van der Waals surface area contributed by atoms with Gasteiger partial charge in [-0.25, -0.2) is 4.39 Å². The maximum atomic E-state index is 13.2. The molecule has 10 heteroatoms. The fraction of sp³-hybridized carbons (Fsp3) is 0.133. The number of halogens is 1. The molecule has 0 aromatic heterocycles. The molecule has 0 saturated carbocycles. The number of carbonyl (C=O) groups excluding carboxylic acids is 1. The Hall–Kier alpha value is -3.56. The molecule has 0 saturated heterocycles. The zero-order valence-corrected chi connectivity index (χ0v) is 12.9. The molecule has 130 valence electrons. The van der Waals surface area contributed by atoms with Crippen LogP contribution in [0.25, 0.3) is 0 Å². The zero-order chi connectivity index (χ0) is 18.6. The lowest BCUT2D eigenvalue weighted by atomic mass is 10.2. The normalized spacial score (nSPS) is 10.2. The minimum absolute atomic E-state index is 0.205. The molecule has 2 aromatic carbocycles. The first-order chi connectivity index (χ1) is 11.8. The van der Waals surface area contributed by atoms with Gasteiger partial charge in [0.15, 0.2) is 6.61 Å². The van der Waals surface area contributed by atoms with Crippen LogP contribution in [-0.2, 0) is 4.79 Å². The van der Waals surface area contributed by atoms with E-state index in [1.165, 1.54) is 18.2 Å². The van der Waals surface area contributed by atoms with Gasteiger partial charge in [-0.05, 0) is 18.6 Å². The van der Waals surface area contributed by atoms with Crippen molar-refractivity contribution >= 4 is 23.0 Å². The average Bonchev–Trinajstić information content (AvgIpc) is 2.54. The van der Waals surface area contributed by atoms with Crippen LogP contribution in [0.5, 0.6) is 5.75 Å². The Bertz CT molecular complexity index is 855. The maximum absolute atomic E-state index is 13.2. The number of ether oxygens (including phenoxy) is 1. The van der Waals surface area contributed by atoms with Crippen molar-refractivity contribution in [2.24, 2.45) is 0 Å². The van der Waals surface area contributed by atoms with Gasteiger partial charge in [-0.3, -0.25) is 25.0 Å². The maximum Gasteiger partial charge on any atom is 0.311 e. The van der Waals surface area contributed by atoms with Crippen molar-refractivity contribution in [2.75, 3.05) is 11.9 Å². The molecule has 0 aliphatic carbocycles. The second-order valence-corrected chi connectivity index (χ2v) is 4.96. The summed E-state index contributed by atoms with van der Waals surface area (Å²) in [6.45, 7) is 1.00. The number of nitro benzene ring substituents is 2. The van der Waals surface area contributed by atoms with Crippen LogP contribution in [0, 0.1) is 33.0 Å². The molecule has 2 rings (SSSR count). The highest BCUT2D eigenvalue weighted by atomic mass is 19.1. The van der Waals surface area contributed by atoms with Crippen molar-refractivity contribution in [3.05, 3.63) is 68.0 Å². The van der Waals surface area contributed by atoms with Gasteiger partial charge in [0, 0.05) is 24.3 Å². The first-order valence-corrected chi connectivity index (χ1v) is 6.89. The van der Waals surface area contributed by atoms with E-state index in [2.05, 4.69) is 5.32 Å². The molecule has 0 unspecified atom stereocenters. The van der Waals surface area contributed by atoms with Crippen LogP contribution in [0.3, 0.4) is 0 Å². The molecular weight excluding hydrogens is 337 g/mol. The second kappa shape index (κ2) is 7.34. The first kappa shape index (κ1) is 17.8. The number of rotatable bonds is 6. The van der Waals surface area contributed by atoms with Gasteiger partial charge in [-0.1, -0.05) is 6.07 Å². The lowest BCUT2D eigenvalue weighted by Gasteiger charge is -2.10. The molecule has 9 nitrogen and oxygen atoms in total. The Balaban J connectivity index is 2.09. The number of aryl methyl sites for hydroxylation is 1. The van der Waals surface area contributed by atoms with E-state index in [9.17, 15) is 29.4 Å². The molecule has 25 heavy (non-hydrogen) atoms. The fourth-order valence-electron chi connectivity index (χ4n) is 1.94. The number of hydrogen-bond acceptors (Lipinski definition) is 6. The van der Waals surface area contributed by atoms with E-state index < -0.39 is 39.6 Å². The molecule has 0 bridgehead atoms. The first-order valence-electron chi connectivity index (χ1n) is 6.89. The van der Waals surface area contributed by atoms with Crippen molar-refractivity contribution in [2.45, 2.75) is 6.92 Å². The predicted octanol–water partition coefficient (Wildman–Crippen LogP) is 2.97. The number of non-ortho nitro benzene ring substituents is 1. The summed E-state index contributed by atoms with van der Waals surface area (Å²) in [7, 11) is 0. The Labute approximate surface area is 140 Å². The van der Waals surface area contributed by atoms with Crippen LogP contribution in [0.2, 0.25) is 0 Å². The van der Waals surface area contributed by atoms with Crippen molar-refractivity contribution in [1.82, 2.24) is 0 Å². The predicted molar refractivity (Wildman–Crippen MR) is 85.0 cm³/mol. The second-order valence-electron chi connectivity index (χ2n) is 4.96. The lowest BCUT2D eigenvalue weighted by Crippen LogP contribution is -2.21. The highest BCUT2D eigenvalue weighted by molar-refractivity contribution is 5.93. The summed E-state index contributed by atoms with van der Waals surface area (Å²) in [5.74, 6) is -1.85. The molecule has 0 atom stereocenters. The van der Waals surface area contributed by atoms with Crippen LogP contribution >= 0.6 is 0 Å². The van der Waals surface area contributed by atoms with Crippen LogP contribution in [0.1, 0.15) is 5.56 Å². The van der Waals surface area contributed by atoms with E-state index in [4.69, 9.17) is 4.74 Å². The SMILES string of the molecule is Cc1ccc([N+](=O)[O-])cc1NC(=O)COc1cc(F)ccc1[N+](=O)[O-]. The molecule has 0 spiro atoms. The molecule has 0 radical (unpaired) electrons. The van der Waals surface area contributed by atoms with E-state index in [1.807, 2.05) is 0 Å². The quantitative estimate of drug-likeness (QED) is 0.631. The van der Waals surface area contributed by atoms with Crippen molar-refractivity contribution in [3.8, 4) is 5.75 Å². The summed E-state index contributed by atoms with van der Waals surface area (Å²) < 4.78 is 18.2. The van der Waals surface area contributed by atoms with Crippen molar-refractivity contribution in [3.63, 3.8) is 0 Å². The molecule has 0 heterocycles. The summed E-state index contributed by atoms with van der Waals surface area (Å²) in [4.78, 5) is 32.2. The average molecular weight is 349 g/mol. The van der Waals surface area contributed by atoms with E-state index in [1.54, 1.807) is 6.92 Å². The highest BCUT2D eigenvalue weighted by Gasteiger charge is 2.18. The Morgan fingerprint density at radius 1 is 1.16 bits per heavy atom. The third kappa shape index (κ3) is 4.47. The largest absolute Gasteiger partial charge is 0.477 e. The third-order valence-corrected chi connectivity index (χ3v) is 3.18. The van der Waals surface area contributed by atoms with Gasteiger partial charge >= 0.3 is 5.69 Å². The zero-order valence-electron chi connectivity index (χ0n) is 12.9. The molecule has 0 aliphatic heterocycles. The highest BCUT2D eigenvalue weighted by Crippen LogP contribution is 2.27. The minimum Gasteiger partial charge on any atom is -0.477 e. The number of benzene rings is 2. The van der Waals surface area contributed by atoms with Crippen LogP contribution in [-0.4, -0.2) is 22.4 Å². The monoisotopic (exact) mass is 349 g/mol. The molecule has 1 N–H and O–H groups in total. The summed E-state index contributed by atoms with van der Waals surface area (Å²) in [5, 5.41) is 24.0. The number of nitrogens with one attached hydrogen (secondary N) is 1. The Morgan fingerprint density at radius 3 is 2.52 bits per heavy atom. The Kier molecular flexibility index (Phi) is 5.22. The Morgan fingerprint density at radius 2 is 1.88 bits per heavy atom. The van der Waals surface area contributed by atoms with Crippen molar-refractivity contribution < 1.29 is 23.8 Å². The van der Waals surface area contributed by atoms with Gasteiger partial charge in [0.2, 0.25) is 5.75 Å². The number of nitrogens with zero attached hydrogens (tertiary/aromatic N) is 2. The number of anilines is 1. The van der Waals surface area contributed by atoms with Crippen LogP contribution in [0.4, 0.5) is 21.5 Å². The molecule has 0 aliphatic rings. The van der Waals surface area contributed by atoms with Gasteiger partial charge < -0.3 is 10.1 Å². The van der Waals surface area contributed by atoms with Crippen LogP contribution < -0.4 is 10.1 Å². The molecule has 0 fully saturated rings. The summed E-state index contributed by atoms with van der Waals surface area (Å²) in [5.41, 5.74) is 0.0931. The molecule has 2 aromatic rings. The third-order valence-electron chi connectivity index (χ3n) is 3.18. The van der Waals surface area contributed by atoms with Gasteiger partial charge in [0.25, 0.3) is 11.6 Å². The van der Waals surface area contributed by atoms with Crippen molar-refractivity contribution in [1.29, 1.82) is 0 Å². The van der Waals surface area contributed by atoms with E-state index in [0.717, 1.165) is 18.2 Å². The van der Waals surface area contributed by atoms with E-state index in [0.29, 0.717) is 5.56 Å². The smallest absolute Gasteiger partial charge is 0.311 e. The standard InChI is InChI=1S/C15H12FN3O6/c1-9-2-4-11(18(21)22)7-12(9)17-15(20)8-25-14-6-10(16)3-5-13(14)19(23)24/h2-7H,8H2,1H3,(H,17,20). The topological polar surface area (TPSA) is 125 Å².